The van der Waals surface area contributed by atoms with Gasteiger partial charge >= 0.3 is 5.97 Å². The van der Waals surface area contributed by atoms with Gasteiger partial charge in [0.05, 0.1) is 19.4 Å². The number of nitrogens with zero attached hydrogens (tertiary/aromatic N) is 1. The molecule has 0 N–H and O–H groups in total. The summed E-state index contributed by atoms with van der Waals surface area (Å²) in [4.78, 5) is 36.7. The van der Waals surface area contributed by atoms with Crippen molar-refractivity contribution in [3.8, 4) is 11.5 Å². The van der Waals surface area contributed by atoms with E-state index in [2.05, 4.69) is 0 Å². The number of methoxy groups -OCH3 is 1. The Bertz CT molecular complexity index is 627. The molecule has 0 saturated heterocycles. The van der Waals surface area contributed by atoms with Crippen molar-refractivity contribution in [2.45, 2.75) is 26.3 Å². The highest BCUT2D eigenvalue weighted by molar-refractivity contribution is 6.04. The van der Waals surface area contributed by atoms with Gasteiger partial charge in [-0.2, -0.15) is 0 Å². The fourth-order valence-electron chi connectivity index (χ4n) is 2.34. The predicted molar refractivity (Wildman–Crippen MR) is 82.1 cm³/mol. The highest BCUT2D eigenvalue weighted by Crippen LogP contribution is 2.42. The number of carbonyl (C=O) groups excluding carboxylic acids is 3. The van der Waals surface area contributed by atoms with Gasteiger partial charge in [-0.15, -0.1) is 0 Å². The van der Waals surface area contributed by atoms with Crippen molar-refractivity contribution in [1.82, 2.24) is 0 Å². The average Bonchev–Trinajstić information content (AvgIpc) is 2.57. The van der Waals surface area contributed by atoms with Crippen molar-refractivity contribution in [3.05, 3.63) is 17.7 Å². The molecule has 1 aliphatic heterocycles. The van der Waals surface area contributed by atoms with E-state index in [1.54, 1.807) is 6.92 Å². The SMILES string of the molecule is CCCOC(=O)C(C)N1C(=O)COc2c(OC)cc(C=O)cc21. The van der Waals surface area contributed by atoms with E-state index >= 15 is 0 Å². The van der Waals surface area contributed by atoms with E-state index in [0.717, 1.165) is 0 Å². The molecule has 0 saturated carbocycles. The molecule has 0 radical (unpaired) electrons. The Hall–Kier alpha value is -2.57. The van der Waals surface area contributed by atoms with Crippen molar-refractivity contribution in [3.63, 3.8) is 0 Å². The van der Waals surface area contributed by atoms with Crippen LogP contribution in [0.2, 0.25) is 0 Å². The first kappa shape index (κ1) is 16.8. The monoisotopic (exact) mass is 321 g/mol. The maximum absolute atomic E-state index is 12.2. The summed E-state index contributed by atoms with van der Waals surface area (Å²) in [6.07, 6.45) is 1.33. The minimum absolute atomic E-state index is 0.213. The molecule has 0 bridgehead atoms. The van der Waals surface area contributed by atoms with Gasteiger partial charge in [0.1, 0.15) is 12.3 Å². The summed E-state index contributed by atoms with van der Waals surface area (Å²) in [5.41, 5.74) is 0.640. The summed E-state index contributed by atoms with van der Waals surface area (Å²) >= 11 is 0. The van der Waals surface area contributed by atoms with Crippen molar-refractivity contribution in [2.24, 2.45) is 0 Å². The molecule has 1 aliphatic rings. The van der Waals surface area contributed by atoms with Crippen molar-refractivity contribution < 1.29 is 28.6 Å². The molecule has 1 aromatic rings. The predicted octanol–water partition coefficient (Wildman–Crippen LogP) is 1.57. The van der Waals surface area contributed by atoms with Gasteiger partial charge in [0.25, 0.3) is 5.91 Å². The zero-order valence-electron chi connectivity index (χ0n) is 13.3. The summed E-state index contributed by atoms with van der Waals surface area (Å²) in [6, 6.07) is 2.18. The first-order chi connectivity index (χ1) is 11.0. The van der Waals surface area contributed by atoms with Crippen LogP contribution in [0.25, 0.3) is 0 Å². The molecule has 0 aliphatic carbocycles. The topological polar surface area (TPSA) is 82.1 Å². The maximum Gasteiger partial charge on any atom is 0.328 e. The number of benzene rings is 1. The van der Waals surface area contributed by atoms with Gasteiger partial charge in [-0.25, -0.2) is 4.79 Å². The number of aldehydes is 1. The van der Waals surface area contributed by atoms with Crippen LogP contribution in [0.15, 0.2) is 12.1 Å². The molecule has 1 heterocycles. The number of hydrogen-bond donors (Lipinski definition) is 0. The minimum Gasteiger partial charge on any atom is -0.493 e. The molecular formula is C16H19NO6. The van der Waals surface area contributed by atoms with Crippen molar-refractivity contribution in [2.75, 3.05) is 25.2 Å². The standard InChI is InChI=1S/C16H19NO6/c1-4-5-22-16(20)10(2)17-12-6-11(8-18)7-13(21-3)15(12)23-9-14(17)19/h6-8,10H,4-5,9H2,1-3H3. The minimum atomic E-state index is -0.830. The number of anilines is 1. The van der Waals surface area contributed by atoms with Crippen LogP contribution in [-0.4, -0.2) is 44.5 Å². The van der Waals surface area contributed by atoms with E-state index in [9.17, 15) is 14.4 Å². The number of hydrogen-bond acceptors (Lipinski definition) is 6. The lowest BCUT2D eigenvalue weighted by Crippen LogP contribution is -2.48. The molecule has 7 heteroatoms. The molecule has 0 aromatic heterocycles. The number of rotatable bonds is 6. The highest BCUT2D eigenvalue weighted by Gasteiger charge is 2.35. The maximum atomic E-state index is 12.2. The molecule has 0 fully saturated rings. The average molecular weight is 321 g/mol. The summed E-state index contributed by atoms with van der Waals surface area (Å²) in [7, 11) is 1.44. The van der Waals surface area contributed by atoms with Crippen molar-refractivity contribution in [1.29, 1.82) is 0 Å². The van der Waals surface area contributed by atoms with Crippen LogP contribution in [-0.2, 0) is 14.3 Å². The summed E-state index contributed by atoms with van der Waals surface area (Å²) in [5.74, 6) is -0.240. The molecule has 124 valence electrons. The van der Waals surface area contributed by atoms with Gasteiger partial charge in [-0.3, -0.25) is 14.5 Å². The van der Waals surface area contributed by atoms with Gasteiger partial charge < -0.3 is 14.2 Å². The van der Waals surface area contributed by atoms with Crippen LogP contribution < -0.4 is 14.4 Å². The fourth-order valence-corrected chi connectivity index (χ4v) is 2.34. The second-order valence-electron chi connectivity index (χ2n) is 5.09. The van der Waals surface area contributed by atoms with Gasteiger partial charge in [-0.1, -0.05) is 6.92 Å². The second kappa shape index (κ2) is 7.13. The zero-order chi connectivity index (χ0) is 17.0. The van der Waals surface area contributed by atoms with Gasteiger partial charge in [0.2, 0.25) is 0 Å². The third-order valence-electron chi connectivity index (χ3n) is 3.46. The number of amides is 1. The molecule has 23 heavy (non-hydrogen) atoms. The quantitative estimate of drug-likeness (QED) is 0.584. The highest BCUT2D eigenvalue weighted by atomic mass is 16.5. The van der Waals surface area contributed by atoms with Crippen LogP contribution in [0.4, 0.5) is 5.69 Å². The van der Waals surface area contributed by atoms with E-state index in [4.69, 9.17) is 14.2 Å². The molecule has 1 aromatic carbocycles. The number of carbonyl (C=O) groups is 3. The largest absolute Gasteiger partial charge is 0.493 e. The van der Waals surface area contributed by atoms with E-state index < -0.39 is 12.0 Å². The molecule has 0 spiro atoms. The van der Waals surface area contributed by atoms with Crippen LogP contribution in [0, 0.1) is 0 Å². The Morgan fingerprint density at radius 3 is 2.83 bits per heavy atom. The van der Waals surface area contributed by atoms with E-state index in [0.29, 0.717) is 35.5 Å². The van der Waals surface area contributed by atoms with E-state index in [-0.39, 0.29) is 19.1 Å². The smallest absolute Gasteiger partial charge is 0.328 e. The number of fused-ring (bicyclic) bond motifs is 1. The molecule has 7 nitrogen and oxygen atoms in total. The first-order valence-electron chi connectivity index (χ1n) is 7.32. The molecule has 1 amide bonds. The van der Waals surface area contributed by atoms with Crippen LogP contribution in [0.1, 0.15) is 30.6 Å². The number of esters is 1. The summed E-state index contributed by atoms with van der Waals surface area (Å²) in [5, 5.41) is 0. The van der Waals surface area contributed by atoms with Crippen LogP contribution >= 0.6 is 0 Å². The fraction of sp³-hybridized carbons (Fsp3) is 0.438. The lowest BCUT2D eigenvalue weighted by Gasteiger charge is -2.33. The van der Waals surface area contributed by atoms with E-state index in [1.807, 2.05) is 6.92 Å². The Balaban J connectivity index is 2.44. The van der Waals surface area contributed by atoms with Gasteiger partial charge in [-0.05, 0) is 25.5 Å². The molecule has 2 rings (SSSR count). The summed E-state index contributed by atoms with van der Waals surface area (Å²) in [6.45, 7) is 3.53. The molecular weight excluding hydrogens is 302 g/mol. The Kier molecular flexibility index (Phi) is 5.20. The van der Waals surface area contributed by atoms with Crippen molar-refractivity contribution >= 4 is 23.9 Å². The van der Waals surface area contributed by atoms with Crippen LogP contribution in [0.5, 0.6) is 11.5 Å². The van der Waals surface area contributed by atoms with Gasteiger partial charge in [0, 0.05) is 5.56 Å². The zero-order valence-corrected chi connectivity index (χ0v) is 13.3. The molecule has 1 unspecified atom stereocenters. The Labute approximate surface area is 134 Å². The van der Waals surface area contributed by atoms with Crippen LogP contribution in [0.3, 0.4) is 0 Å². The lowest BCUT2D eigenvalue weighted by atomic mass is 10.1. The first-order valence-corrected chi connectivity index (χ1v) is 7.32. The summed E-state index contributed by atoms with van der Waals surface area (Å²) < 4.78 is 15.7. The van der Waals surface area contributed by atoms with Gasteiger partial charge in [0.15, 0.2) is 18.1 Å². The Morgan fingerprint density at radius 2 is 2.22 bits per heavy atom. The molecule has 1 atom stereocenters. The lowest BCUT2D eigenvalue weighted by molar-refractivity contribution is -0.146. The second-order valence-corrected chi connectivity index (χ2v) is 5.09. The normalized spacial score (nSPS) is 14.6. The Morgan fingerprint density at radius 1 is 1.48 bits per heavy atom. The third kappa shape index (κ3) is 3.28. The third-order valence-corrected chi connectivity index (χ3v) is 3.46. The van der Waals surface area contributed by atoms with E-state index in [1.165, 1.54) is 24.1 Å². The number of ether oxygens (including phenoxy) is 3.